The second-order valence-electron chi connectivity index (χ2n) is 3.04. The lowest BCUT2D eigenvalue weighted by atomic mass is 10.2. The maximum Gasteiger partial charge on any atom is 0.471 e. The molecule has 1 aromatic carbocycles. The first-order valence-corrected chi connectivity index (χ1v) is 4.57. The molecule has 0 heterocycles. The number of rotatable bonds is 2. The van der Waals surface area contributed by atoms with Crippen molar-refractivity contribution in [3.63, 3.8) is 0 Å². The zero-order chi connectivity index (χ0) is 12.3. The van der Waals surface area contributed by atoms with Gasteiger partial charge in [0.1, 0.15) is 0 Å². The summed E-state index contributed by atoms with van der Waals surface area (Å²) >= 11 is 5.62. The number of anilines is 1. The Bertz CT molecular complexity index is 406. The van der Waals surface area contributed by atoms with Gasteiger partial charge in [0, 0.05) is 6.54 Å². The number of nitrogens with two attached hydrogens (primary N) is 1. The van der Waals surface area contributed by atoms with Crippen LogP contribution < -0.4 is 11.1 Å². The number of carbonyl (C=O) groups is 1. The number of alkyl halides is 3. The van der Waals surface area contributed by atoms with Gasteiger partial charge in [0.05, 0.1) is 10.7 Å². The molecular formula is C9H8ClF3N2O. The zero-order valence-corrected chi connectivity index (χ0v) is 8.69. The molecule has 0 fully saturated rings. The number of nitrogens with one attached hydrogen (secondary N) is 1. The van der Waals surface area contributed by atoms with E-state index < -0.39 is 12.1 Å². The van der Waals surface area contributed by atoms with Crippen molar-refractivity contribution in [3.8, 4) is 0 Å². The van der Waals surface area contributed by atoms with E-state index in [0.29, 0.717) is 10.6 Å². The lowest BCUT2D eigenvalue weighted by molar-refractivity contribution is -0.173. The van der Waals surface area contributed by atoms with Crippen LogP contribution >= 0.6 is 11.6 Å². The van der Waals surface area contributed by atoms with E-state index in [0.717, 1.165) is 0 Å². The highest BCUT2D eigenvalue weighted by atomic mass is 35.5. The normalized spacial score (nSPS) is 11.2. The first-order chi connectivity index (χ1) is 7.30. The summed E-state index contributed by atoms with van der Waals surface area (Å²) in [4.78, 5) is 10.5. The summed E-state index contributed by atoms with van der Waals surface area (Å²) < 4.78 is 35.5. The van der Waals surface area contributed by atoms with Gasteiger partial charge in [-0.25, -0.2) is 0 Å². The predicted octanol–water partition coefficient (Wildman–Crippen LogP) is 2.10. The Morgan fingerprint density at radius 3 is 2.56 bits per heavy atom. The minimum absolute atomic E-state index is 0.250. The van der Waals surface area contributed by atoms with Crippen LogP contribution in [0.15, 0.2) is 18.2 Å². The summed E-state index contributed by atoms with van der Waals surface area (Å²) in [5.41, 5.74) is 6.14. The van der Waals surface area contributed by atoms with Crippen LogP contribution in [0.1, 0.15) is 5.56 Å². The molecule has 0 atom stereocenters. The number of carbonyl (C=O) groups excluding carboxylic acids is 1. The third-order valence-electron chi connectivity index (χ3n) is 1.77. The minimum atomic E-state index is -4.88. The summed E-state index contributed by atoms with van der Waals surface area (Å²) in [6.45, 7) is -0.250. The molecule has 7 heteroatoms. The van der Waals surface area contributed by atoms with Crippen molar-refractivity contribution in [2.45, 2.75) is 12.7 Å². The summed E-state index contributed by atoms with van der Waals surface area (Å²) in [7, 11) is 0. The van der Waals surface area contributed by atoms with Crippen LogP contribution in [0.3, 0.4) is 0 Å². The van der Waals surface area contributed by atoms with Crippen LogP contribution in [0.25, 0.3) is 0 Å². The second kappa shape index (κ2) is 4.61. The quantitative estimate of drug-likeness (QED) is 0.792. The molecule has 1 aromatic rings. The summed E-state index contributed by atoms with van der Waals surface area (Å²) in [6.07, 6.45) is -4.88. The van der Waals surface area contributed by atoms with Gasteiger partial charge in [0.2, 0.25) is 0 Å². The Kier molecular flexibility index (Phi) is 3.64. The highest BCUT2D eigenvalue weighted by Gasteiger charge is 2.38. The Morgan fingerprint density at radius 1 is 1.44 bits per heavy atom. The number of halogens is 4. The molecule has 1 rings (SSSR count). The molecule has 0 spiro atoms. The molecule has 0 saturated carbocycles. The van der Waals surface area contributed by atoms with Crippen LogP contribution in [-0.4, -0.2) is 12.1 Å². The highest BCUT2D eigenvalue weighted by molar-refractivity contribution is 6.33. The van der Waals surface area contributed by atoms with Crippen LogP contribution in [0.4, 0.5) is 18.9 Å². The SMILES string of the molecule is Nc1cc(CNC(=O)C(F)(F)F)ccc1Cl. The van der Waals surface area contributed by atoms with Crippen molar-refractivity contribution in [2.75, 3.05) is 5.73 Å². The molecule has 0 aromatic heterocycles. The molecule has 3 nitrogen and oxygen atoms in total. The Labute approximate surface area is 94.4 Å². The molecule has 0 radical (unpaired) electrons. The minimum Gasteiger partial charge on any atom is -0.398 e. The monoisotopic (exact) mass is 252 g/mol. The topological polar surface area (TPSA) is 55.1 Å². The van der Waals surface area contributed by atoms with Gasteiger partial charge in [-0.15, -0.1) is 0 Å². The zero-order valence-electron chi connectivity index (χ0n) is 7.94. The average Bonchev–Trinajstić information content (AvgIpc) is 2.18. The van der Waals surface area contributed by atoms with E-state index >= 15 is 0 Å². The van der Waals surface area contributed by atoms with E-state index in [1.807, 2.05) is 0 Å². The fourth-order valence-corrected chi connectivity index (χ4v) is 1.10. The maximum atomic E-state index is 11.8. The van der Waals surface area contributed by atoms with Crippen molar-refractivity contribution in [3.05, 3.63) is 28.8 Å². The maximum absolute atomic E-state index is 11.8. The molecule has 88 valence electrons. The summed E-state index contributed by atoms with van der Waals surface area (Å²) in [5, 5.41) is 2.03. The fraction of sp³-hybridized carbons (Fsp3) is 0.222. The molecule has 3 N–H and O–H groups in total. The first-order valence-electron chi connectivity index (χ1n) is 4.19. The first kappa shape index (κ1) is 12.6. The number of nitrogen functional groups attached to an aromatic ring is 1. The van der Waals surface area contributed by atoms with Gasteiger partial charge >= 0.3 is 12.1 Å². The molecule has 0 unspecified atom stereocenters. The highest BCUT2D eigenvalue weighted by Crippen LogP contribution is 2.20. The lowest BCUT2D eigenvalue weighted by Crippen LogP contribution is -2.36. The molecular weight excluding hydrogens is 245 g/mol. The molecule has 0 bridgehead atoms. The van der Waals surface area contributed by atoms with E-state index in [-0.39, 0.29) is 12.2 Å². The van der Waals surface area contributed by atoms with Crippen LogP contribution in [0.2, 0.25) is 5.02 Å². The third kappa shape index (κ3) is 3.30. The summed E-state index contributed by atoms with van der Waals surface area (Å²) in [5.74, 6) is -1.99. The largest absolute Gasteiger partial charge is 0.471 e. The smallest absolute Gasteiger partial charge is 0.398 e. The Balaban J connectivity index is 2.62. The van der Waals surface area contributed by atoms with Gasteiger partial charge in [-0.2, -0.15) is 13.2 Å². The van der Waals surface area contributed by atoms with Crippen molar-refractivity contribution in [2.24, 2.45) is 0 Å². The van der Waals surface area contributed by atoms with E-state index in [9.17, 15) is 18.0 Å². The van der Waals surface area contributed by atoms with Crippen molar-refractivity contribution >= 4 is 23.2 Å². The second-order valence-corrected chi connectivity index (χ2v) is 3.44. The van der Waals surface area contributed by atoms with Gasteiger partial charge in [0.25, 0.3) is 0 Å². The standard InChI is InChI=1S/C9H8ClF3N2O/c10-6-2-1-5(3-7(6)14)4-15-8(16)9(11,12)13/h1-3H,4,14H2,(H,15,16). The van der Waals surface area contributed by atoms with Gasteiger partial charge in [-0.3, -0.25) is 4.79 Å². The number of hydrogen-bond donors (Lipinski definition) is 2. The number of benzene rings is 1. The van der Waals surface area contributed by atoms with E-state index in [1.54, 1.807) is 5.32 Å². The van der Waals surface area contributed by atoms with Gasteiger partial charge in [-0.1, -0.05) is 17.7 Å². The van der Waals surface area contributed by atoms with Crippen molar-refractivity contribution in [1.82, 2.24) is 5.32 Å². The van der Waals surface area contributed by atoms with E-state index in [1.165, 1.54) is 18.2 Å². The number of hydrogen-bond acceptors (Lipinski definition) is 2. The van der Waals surface area contributed by atoms with Gasteiger partial charge in [-0.05, 0) is 17.7 Å². The van der Waals surface area contributed by atoms with Gasteiger partial charge < -0.3 is 11.1 Å². The lowest BCUT2D eigenvalue weighted by Gasteiger charge is -2.08. The Morgan fingerprint density at radius 2 is 2.06 bits per heavy atom. The van der Waals surface area contributed by atoms with Crippen LogP contribution in [-0.2, 0) is 11.3 Å². The molecule has 16 heavy (non-hydrogen) atoms. The van der Waals surface area contributed by atoms with E-state index in [2.05, 4.69) is 0 Å². The molecule has 1 amide bonds. The van der Waals surface area contributed by atoms with Crippen LogP contribution in [0.5, 0.6) is 0 Å². The predicted molar refractivity (Wildman–Crippen MR) is 53.8 cm³/mol. The van der Waals surface area contributed by atoms with E-state index in [4.69, 9.17) is 17.3 Å². The van der Waals surface area contributed by atoms with Crippen molar-refractivity contribution in [1.29, 1.82) is 0 Å². The summed E-state index contributed by atoms with van der Waals surface area (Å²) in [6, 6.07) is 4.33. The molecule has 0 saturated heterocycles. The average molecular weight is 253 g/mol. The molecule has 0 aliphatic rings. The van der Waals surface area contributed by atoms with Crippen LogP contribution in [0, 0.1) is 0 Å². The third-order valence-corrected chi connectivity index (χ3v) is 2.12. The van der Waals surface area contributed by atoms with Gasteiger partial charge in [0.15, 0.2) is 0 Å². The van der Waals surface area contributed by atoms with Crippen molar-refractivity contribution < 1.29 is 18.0 Å². The molecule has 0 aliphatic heterocycles. The molecule has 0 aliphatic carbocycles. The fourth-order valence-electron chi connectivity index (χ4n) is 0.986. The Hall–Kier alpha value is -1.43. The number of amides is 1.